The molecule has 0 radical (unpaired) electrons. The van der Waals surface area contributed by atoms with Crippen molar-refractivity contribution >= 4 is 5.91 Å². The fraction of sp³-hybridized carbons (Fsp3) is 0.938. The summed E-state index contributed by atoms with van der Waals surface area (Å²) in [5.74, 6) is 1.16. The van der Waals surface area contributed by atoms with E-state index in [1.165, 1.54) is 0 Å². The molecule has 0 aromatic heterocycles. The van der Waals surface area contributed by atoms with Crippen LogP contribution in [0.15, 0.2) is 0 Å². The van der Waals surface area contributed by atoms with Gasteiger partial charge in [-0.1, -0.05) is 41.0 Å². The Bertz CT molecular complexity index is 317. The van der Waals surface area contributed by atoms with E-state index in [0.29, 0.717) is 17.7 Å². The van der Waals surface area contributed by atoms with Gasteiger partial charge in [-0.3, -0.25) is 10.1 Å². The molecule has 1 aliphatic heterocycles. The largest absolute Gasteiger partial charge is 0.321 e. The van der Waals surface area contributed by atoms with Crippen LogP contribution in [0.25, 0.3) is 0 Å². The highest BCUT2D eigenvalue weighted by atomic mass is 16.2. The summed E-state index contributed by atoms with van der Waals surface area (Å²) in [4.78, 5) is 17.2. The van der Waals surface area contributed by atoms with Gasteiger partial charge in [-0.15, -0.1) is 0 Å². The van der Waals surface area contributed by atoms with Gasteiger partial charge in [0.1, 0.15) is 0 Å². The van der Waals surface area contributed by atoms with Crippen LogP contribution in [0.5, 0.6) is 0 Å². The SMILES string of the molecule is CCC(C)C1NC(CC)N(C(CN(C)C)C(C)C)C1=O. The van der Waals surface area contributed by atoms with E-state index in [1.54, 1.807) is 0 Å². The minimum Gasteiger partial charge on any atom is -0.321 e. The van der Waals surface area contributed by atoms with Crippen LogP contribution in [0.3, 0.4) is 0 Å². The van der Waals surface area contributed by atoms with Gasteiger partial charge in [-0.25, -0.2) is 0 Å². The molecule has 1 heterocycles. The van der Waals surface area contributed by atoms with E-state index in [2.05, 4.69) is 63.8 Å². The summed E-state index contributed by atoms with van der Waals surface area (Å²) in [5.41, 5.74) is 0. The van der Waals surface area contributed by atoms with Crippen molar-refractivity contribution in [3.05, 3.63) is 0 Å². The van der Waals surface area contributed by atoms with Crippen LogP contribution in [0.4, 0.5) is 0 Å². The van der Waals surface area contributed by atoms with Crippen molar-refractivity contribution in [2.75, 3.05) is 20.6 Å². The second-order valence-electron chi connectivity index (χ2n) is 6.77. The Kier molecular flexibility index (Phi) is 6.46. The fourth-order valence-corrected chi connectivity index (χ4v) is 3.02. The Morgan fingerprint density at radius 2 is 1.85 bits per heavy atom. The zero-order chi connectivity index (χ0) is 15.4. The number of carbonyl (C=O) groups is 1. The lowest BCUT2D eigenvalue weighted by Crippen LogP contribution is -2.51. The minimum atomic E-state index is -0.00615. The first-order valence-corrected chi connectivity index (χ1v) is 8.06. The lowest BCUT2D eigenvalue weighted by atomic mass is 9.97. The maximum atomic E-state index is 12.8. The molecule has 20 heavy (non-hydrogen) atoms. The third kappa shape index (κ3) is 3.73. The van der Waals surface area contributed by atoms with Crippen molar-refractivity contribution in [1.82, 2.24) is 15.1 Å². The van der Waals surface area contributed by atoms with E-state index in [9.17, 15) is 4.79 Å². The number of nitrogens with zero attached hydrogens (tertiary/aromatic N) is 2. The number of hydrogen-bond acceptors (Lipinski definition) is 3. The average molecular weight is 283 g/mol. The Labute approximate surface area is 124 Å². The zero-order valence-corrected chi connectivity index (χ0v) is 14.3. The molecule has 0 spiro atoms. The molecule has 1 saturated heterocycles. The van der Waals surface area contributed by atoms with Crippen LogP contribution in [0.2, 0.25) is 0 Å². The Hall–Kier alpha value is -0.610. The Morgan fingerprint density at radius 1 is 1.25 bits per heavy atom. The van der Waals surface area contributed by atoms with Gasteiger partial charge < -0.3 is 9.80 Å². The van der Waals surface area contributed by atoms with Gasteiger partial charge in [0, 0.05) is 12.6 Å². The summed E-state index contributed by atoms with van der Waals surface area (Å²) in [5, 5.41) is 3.56. The number of carbonyl (C=O) groups excluding carboxylic acids is 1. The molecule has 1 rings (SSSR count). The average Bonchev–Trinajstić information content (AvgIpc) is 2.71. The summed E-state index contributed by atoms with van der Waals surface area (Å²) < 4.78 is 0. The molecule has 4 unspecified atom stereocenters. The molecule has 1 fully saturated rings. The number of hydrogen-bond donors (Lipinski definition) is 1. The highest BCUT2D eigenvalue weighted by Gasteiger charge is 2.44. The molecule has 0 bridgehead atoms. The van der Waals surface area contributed by atoms with Crippen molar-refractivity contribution in [2.45, 2.75) is 65.7 Å². The summed E-state index contributed by atoms with van der Waals surface area (Å²) >= 11 is 0. The van der Waals surface area contributed by atoms with Gasteiger partial charge in [0.05, 0.1) is 12.2 Å². The molecule has 0 aliphatic carbocycles. The van der Waals surface area contributed by atoms with Crippen molar-refractivity contribution in [1.29, 1.82) is 0 Å². The number of likely N-dealkylation sites (N-methyl/N-ethyl adjacent to an activating group) is 1. The van der Waals surface area contributed by atoms with Crippen LogP contribution < -0.4 is 5.32 Å². The first kappa shape index (κ1) is 17.4. The Balaban J connectivity index is 2.96. The van der Waals surface area contributed by atoms with Crippen molar-refractivity contribution in [2.24, 2.45) is 11.8 Å². The lowest BCUT2D eigenvalue weighted by Gasteiger charge is -2.36. The Morgan fingerprint density at radius 3 is 2.25 bits per heavy atom. The van der Waals surface area contributed by atoms with Gasteiger partial charge in [-0.05, 0) is 32.4 Å². The van der Waals surface area contributed by atoms with Crippen LogP contribution in [0.1, 0.15) is 47.5 Å². The van der Waals surface area contributed by atoms with Crippen LogP contribution >= 0.6 is 0 Å². The smallest absolute Gasteiger partial charge is 0.241 e. The second kappa shape index (κ2) is 7.41. The highest BCUT2D eigenvalue weighted by Crippen LogP contribution is 2.26. The number of rotatable bonds is 7. The fourth-order valence-electron chi connectivity index (χ4n) is 3.02. The van der Waals surface area contributed by atoms with Gasteiger partial charge in [0.2, 0.25) is 5.91 Å². The van der Waals surface area contributed by atoms with E-state index >= 15 is 0 Å². The van der Waals surface area contributed by atoms with E-state index in [1.807, 2.05) is 0 Å². The van der Waals surface area contributed by atoms with E-state index in [0.717, 1.165) is 19.4 Å². The maximum absolute atomic E-state index is 12.8. The third-order valence-electron chi connectivity index (χ3n) is 4.51. The van der Waals surface area contributed by atoms with Crippen LogP contribution in [0, 0.1) is 11.8 Å². The molecule has 4 atom stereocenters. The summed E-state index contributed by atoms with van der Waals surface area (Å²) in [6.07, 6.45) is 2.19. The molecule has 0 aromatic carbocycles. The molecule has 118 valence electrons. The topological polar surface area (TPSA) is 35.6 Å². The van der Waals surface area contributed by atoms with Crippen molar-refractivity contribution in [3.8, 4) is 0 Å². The molecule has 1 N–H and O–H groups in total. The van der Waals surface area contributed by atoms with Gasteiger partial charge in [-0.2, -0.15) is 0 Å². The zero-order valence-electron chi connectivity index (χ0n) is 14.3. The minimum absolute atomic E-state index is 0.00615. The molecule has 1 amide bonds. The predicted molar refractivity (Wildman–Crippen MR) is 84.5 cm³/mol. The van der Waals surface area contributed by atoms with E-state index in [-0.39, 0.29) is 18.2 Å². The monoisotopic (exact) mass is 283 g/mol. The first-order chi connectivity index (χ1) is 9.33. The molecular formula is C16H33N3O. The normalized spacial score (nSPS) is 26.6. The number of nitrogens with one attached hydrogen (secondary N) is 1. The third-order valence-corrected chi connectivity index (χ3v) is 4.51. The maximum Gasteiger partial charge on any atom is 0.241 e. The van der Waals surface area contributed by atoms with Crippen LogP contribution in [-0.4, -0.2) is 54.6 Å². The van der Waals surface area contributed by atoms with Crippen molar-refractivity contribution in [3.63, 3.8) is 0 Å². The molecule has 0 aromatic rings. The van der Waals surface area contributed by atoms with Gasteiger partial charge in [0.15, 0.2) is 0 Å². The highest BCUT2D eigenvalue weighted by molar-refractivity contribution is 5.85. The molecular weight excluding hydrogens is 250 g/mol. The van der Waals surface area contributed by atoms with Crippen LogP contribution in [-0.2, 0) is 4.79 Å². The van der Waals surface area contributed by atoms with E-state index in [4.69, 9.17) is 0 Å². The molecule has 0 saturated carbocycles. The van der Waals surface area contributed by atoms with Crippen molar-refractivity contribution < 1.29 is 4.79 Å². The standard InChI is InChI=1S/C16H33N3O/c1-8-12(5)15-16(20)19(14(9-2)17-15)13(11(3)4)10-18(6)7/h11-15,17H,8-10H2,1-7H3. The van der Waals surface area contributed by atoms with E-state index < -0.39 is 0 Å². The quantitative estimate of drug-likeness (QED) is 0.778. The summed E-state index contributed by atoms with van der Waals surface area (Å²) in [6, 6.07) is 0.275. The molecule has 1 aliphatic rings. The predicted octanol–water partition coefficient (Wildman–Crippen LogP) is 2.16. The second-order valence-corrected chi connectivity index (χ2v) is 6.77. The molecule has 4 heteroatoms. The van der Waals surface area contributed by atoms with Gasteiger partial charge >= 0.3 is 0 Å². The summed E-state index contributed by atoms with van der Waals surface area (Å²) in [6.45, 7) is 11.8. The summed E-state index contributed by atoms with van der Waals surface area (Å²) in [7, 11) is 4.16. The first-order valence-electron chi connectivity index (χ1n) is 8.06. The number of amides is 1. The lowest BCUT2D eigenvalue weighted by molar-refractivity contribution is -0.134. The van der Waals surface area contributed by atoms with Gasteiger partial charge in [0.25, 0.3) is 0 Å². The molecule has 4 nitrogen and oxygen atoms in total.